The maximum Gasteiger partial charge on any atom is 0.0636 e. The van der Waals surface area contributed by atoms with Crippen LogP contribution in [0.25, 0.3) is 120 Å². The summed E-state index contributed by atoms with van der Waals surface area (Å²) in [7, 11) is 0. The first kappa shape index (κ1) is 13.1. The lowest BCUT2D eigenvalue weighted by atomic mass is 9.79. The fourth-order valence-electron chi connectivity index (χ4n) is 8.13. The molecule has 12 aromatic carbocycles. The van der Waals surface area contributed by atoms with E-state index in [1.165, 1.54) is 0 Å². The topological polar surface area (TPSA) is 0 Å². The molecule has 59 heavy (non-hydrogen) atoms. The van der Waals surface area contributed by atoms with E-state index in [9.17, 15) is 21.9 Å². The summed E-state index contributed by atoms with van der Waals surface area (Å²) in [6.07, 6.45) is 0. The normalized spacial score (nSPS) is 22.7. The fourth-order valence-corrected chi connectivity index (χ4v) is 8.13. The van der Waals surface area contributed by atoms with Gasteiger partial charge in [-0.15, -0.1) is 0 Å². The molecule has 0 aromatic heterocycles. The highest BCUT2D eigenvalue weighted by Crippen LogP contribution is 2.52. The summed E-state index contributed by atoms with van der Waals surface area (Å²) in [5.74, 6) is 0. The number of hydrogen-bond donors (Lipinski definition) is 0. The Morgan fingerprint density at radius 3 is 1.37 bits per heavy atom. The minimum atomic E-state index is -3.98. The van der Waals surface area contributed by atoms with Crippen molar-refractivity contribution in [2.75, 3.05) is 0 Å². The lowest BCUT2D eigenvalue weighted by Gasteiger charge is -2.24. The van der Waals surface area contributed by atoms with E-state index in [-0.39, 0.29) is 0 Å². The van der Waals surface area contributed by atoms with E-state index < -0.39 is 338 Å². The Hall–Kier alpha value is -7.28. The predicted octanol–water partition coefficient (Wildman–Crippen LogP) is 16.5. The molecule has 274 valence electrons. The Kier molecular flexibility index (Phi) is 2.64. The second-order valence-electron chi connectivity index (χ2n) is 13.8. The van der Waals surface area contributed by atoms with Gasteiger partial charge in [-0.3, -0.25) is 0 Å². The van der Waals surface area contributed by atoms with Gasteiger partial charge in [0.25, 0.3) is 0 Å². The quantitative estimate of drug-likeness (QED) is 0.156. The molecule has 13 rings (SSSR count). The predicted molar refractivity (Wildman–Crippen MR) is 253 cm³/mol. The van der Waals surface area contributed by atoms with E-state index in [1.54, 1.807) is 0 Å². The average Bonchev–Trinajstić information content (AvgIpc) is 1.30. The van der Waals surface area contributed by atoms with Crippen LogP contribution in [0.15, 0.2) is 193 Å². The van der Waals surface area contributed by atoms with Crippen LogP contribution in [0.3, 0.4) is 0 Å². The van der Waals surface area contributed by atoms with E-state index in [2.05, 4.69) is 0 Å². The third-order valence-corrected chi connectivity index (χ3v) is 10.7. The molecule has 0 radical (unpaired) electrons. The van der Waals surface area contributed by atoms with Gasteiger partial charge in [-0.2, -0.15) is 0 Å². The molecule has 0 heterocycles. The zero-order chi connectivity index (χ0) is 71.0. The van der Waals surface area contributed by atoms with Crippen molar-refractivity contribution in [2.24, 2.45) is 0 Å². The summed E-state index contributed by atoms with van der Waals surface area (Å²) in [6.45, 7) is -7.97. The second-order valence-corrected chi connectivity index (χ2v) is 13.8. The van der Waals surface area contributed by atoms with Crippen molar-refractivity contribution < 1.29 is 50.7 Å². The minimum Gasteiger partial charge on any atom is -0.0622 e. The number of rotatable bonds is 4. The lowest BCUT2D eigenvalue weighted by molar-refractivity contribution is 0.660. The zero-order valence-corrected chi connectivity index (χ0v) is 29.6. The molecule has 0 heteroatoms. The Morgan fingerprint density at radius 2 is 0.780 bits per heavy atom. The molecule has 1 aliphatic carbocycles. The van der Waals surface area contributed by atoms with Crippen molar-refractivity contribution in [2.45, 2.75) is 19.1 Å². The molecule has 0 N–H and O–H groups in total. The van der Waals surface area contributed by atoms with Gasteiger partial charge in [-0.05, 0) is 150 Å². The third-order valence-electron chi connectivity index (χ3n) is 10.7. The SMILES string of the molecule is [2H]c1c(-c2c([2H])c(-c3c([2H])c([2H])c([2H])c([2H])c3[2H])c(-c3c([2H])c([2H])c4c([2H])c([2H])c5c([2H])c([2H])c([2H])c6c([2H])c([2H])c3c4c56)c([2H])c2-c2c([2H])c([2H])c3c([2H])c([2H])c4c([2H])c([2H])c([2H])c5c([2H])c([2H])c2c3c45)cc2c(c1[2H])-c1c([2H])c([2H])c([2H])c([2H])c1C2(C([2H])([2H])[2H])C([2H])([2H])[2H]. The summed E-state index contributed by atoms with van der Waals surface area (Å²) in [6, 6.07) is -32.8. The number of fused-ring (bicyclic) bond motifs is 3. The van der Waals surface area contributed by atoms with Gasteiger partial charge in [-0.25, -0.2) is 0 Å². The van der Waals surface area contributed by atoms with Crippen molar-refractivity contribution in [1.82, 2.24) is 0 Å². The monoisotopic (exact) mass is 784 g/mol. The van der Waals surface area contributed by atoms with E-state index >= 15 is 0 Å². The van der Waals surface area contributed by atoms with Crippen LogP contribution in [0, 0.1) is 0 Å². The molecule has 0 atom stereocenters. The summed E-state index contributed by atoms with van der Waals surface area (Å²) in [5.41, 5.74) is -16.5. The summed E-state index contributed by atoms with van der Waals surface area (Å²) in [4.78, 5) is 0. The molecule has 0 spiro atoms. The highest BCUT2D eigenvalue weighted by atomic mass is 14.4. The molecular formula is C59H38. The first-order valence-corrected chi connectivity index (χ1v) is 17.8. The minimum absolute atomic E-state index is 0.490. The molecule has 1 aliphatic rings. The Balaban J connectivity index is 1.41. The summed E-state index contributed by atoms with van der Waals surface area (Å²) >= 11 is 0. The molecule has 12 aromatic rings. The van der Waals surface area contributed by atoms with E-state index in [1.807, 2.05) is 0 Å². The van der Waals surface area contributed by atoms with Crippen LogP contribution in [0.2, 0.25) is 0 Å². The molecule has 0 fully saturated rings. The highest BCUT2D eigenvalue weighted by Gasteiger charge is 2.35. The van der Waals surface area contributed by atoms with Gasteiger partial charge in [0.05, 0.1) is 42.5 Å². The number of benzene rings is 12. The standard InChI is InChI=1S/C59H38/c1-59(2)53-17-7-6-16-45(53)46-29-26-42(32-54(46)59)50-33-49(35-10-4-3-5-11-35)51(43-27-22-40-20-18-36-12-8-14-38-24-30-47(43)57(40)55(36)38)34-52(50)44-28-23-41-21-19-37-13-9-15-39-25-31-48(44)58(41)56(37)39/h3-34H,1-2H3/i1D3,2D3,3D,4D,5D,6D,7D,8D,9D,10D,11D,12D,13D,14D,15D,16D,17D,18D,19D,20D,21D,22D,23D,24D,25D,26D,27D,28D,29D,30D,31D,33D,34D. The van der Waals surface area contributed by atoms with E-state index in [0.29, 0.717) is 6.07 Å². The van der Waals surface area contributed by atoms with Gasteiger partial charge in [0.2, 0.25) is 0 Å². The van der Waals surface area contributed by atoms with Crippen LogP contribution in [0.4, 0.5) is 0 Å². The summed E-state index contributed by atoms with van der Waals surface area (Å²) < 4.78 is 347. The van der Waals surface area contributed by atoms with Crippen molar-refractivity contribution in [3.05, 3.63) is 205 Å². The molecule has 0 bridgehead atoms. The van der Waals surface area contributed by atoms with Crippen molar-refractivity contribution >= 4 is 64.6 Å². The van der Waals surface area contributed by atoms with Gasteiger partial charge >= 0.3 is 0 Å². The van der Waals surface area contributed by atoms with Gasteiger partial charge in [0, 0.05) is 13.6 Å². The van der Waals surface area contributed by atoms with Crippen molar-refractivity contribution in [3.8, 4) is 55.6 Å². The van der Waals surface area contributed by atoms with Crippen LogP contribution >= 0.6 is 0 Å². The molecular weight excluding hydrogens is 709 g/mol. The van der Waals surface area contributed by atoms with Gasteiger partial charge in [-0.1, -0.05) is 189 Å². The second kappa shape index (κ2) is 11.9. The van der Waals surface area contributed by atoms with Gasteiger partial charge in [0.1, 0.15) is 0 Å². The maximum absolute atomic E-state index is 11.0. The van der Waals surface area contributed by atoms with Crippen LogP contribution in [-0.2, 0) is 5.41 Å². The van der Waals surface area contributed by atoms with Crippen LogP contribution in [0.5, 0.6) is 0 Å². The van der Waals surface area contributed by atoms with E-state index in [4.69, 9.17) is 28.8 Å². The van der Waals surface area contributed by atoms with Crippen LogP contribution < -0.4 is 0 Å². The molecule has 0 unspecified atom stereocenters. The molecule has 0 aliphatic heterocycles. The third kappa shape index (κ3) is 4.55. The zero-order valence-electron chi connectivity index (χ0n) is 66.6. The lowest BCUT2D eigenvalue weighted by Crippen LogP contribution is -2.14. The van der Waals surface area contributed by atoms with Crippen molar-refractivity contribution in [3.63, 3.8) is 0 Å². The molecule has 0 saturated carbocycles. The Labute approximate surface area is 395 Å². The first-order valence-electron chi connectivity index (χ1n) is 36.3. The highest BCUT2D eigenvalue weighted by molar-refractivity contribution is 6.27. The Bertz CT molecular complexity index is 5650. The Morgan fingerprint density at radius 1 is 0.322 bits per heavy atom. The van der Waals surface area contributed by atoms with E-state index in [0.717, 1.165) is 0 Å². The van der Waals surface area contributed by atoms with Gasteiger partial charge < -0.3 is 0 Å². The van der Waals surface area contributed by atoms with Crippen LogP contribution in [0.1, 0.15) is 75.5 Å². The maximum atomic E-state index is 11.0. The first-order chi connectivity index (χ1) is 44.5. The number of hydrogen-bond acceptors (Lipinski definition) is 0. The fraction of sp³-hybridized carbons (Fsp3) is 0.0508. The van der Waals surface area contributed by atoms with Gasteiger partial charge in [0.15, 0.2) is 0 Å². The molecule has 0 saturated heterocycles. The summed E-state index contributed by atoms with van der Waals surface area (Å²) in [5, 5.41) is -7.58. The largest absolute Gasteiger partial charge is 0.0636 e. The smallest absolute Gasteiger partial charge is 0.0622 e. The average molecular weight is 784 g/mol. The van der Waals surface area contributed by atoms with Crippen LogP contribution in [-0.4, -0.2) is 0 Å². The molecule has 0 amide bonds. The van der Waals surface area contributed by atoms with Crippen molar-refractivity contribution in [1.29, 1.82) is 0 Å². The molecule has 0 nitrogen and oxygen atoms in total.